The van der Waals surface area contributed by atoms with Crippen molar-refractivity contribution in [3.8, 4) is 33.6 Å². The van der Waals surface area contributed by atoms with E-state index in [1.807, 2.05) is 71.3 Å². The molecule has 5 aromatic rings. The number of H-pyrrole nitrogens is 2. The van der Waals surface area contributed by atoms with Crippen molar-refractivity contribution in [2.45, 2.75) is 75.0 Å². The summed E-state index contributed by atoms with van der Waals surface area (Å²) in [5.74, 6) is -0.921. The number of amides is 4. The van der Waals surface area contributed by atoms with Gasteiger partial charge in [0.25, 0.3) is 0 Å². The van der Waals surface area contributed by atoms with E-state index in [1.54, 1.807) is 12.4 Å². The quantitative estimate of drug-likeness (QED) is 0.0968. The van der Waals surface area contributed by atoms with Gasteiger partial charge in [0.15, 0.2) is 0 Å². The molecule has 14 nitrogen and oxygen atoms in total. The highest BCUT2D eigenvalue weighted by Crippen LogP contribution is 2.36. The number of methoxy groups -OCH3 is 2. The number of halogens is 6. The number of aromatic amines is 2. The van der Waals surface area contributed by atoms with E-state index in [9.17, 15) is 45.5 Å². The molecular weight excluding hydrogens is 826 g/mol. The molecule has 0 aliphatic carbocycles. The van der Waals surface area contributed by atoms with Crippen LogP contribution in [-0.4, -0.2) is 105 Å². The number of alkyl carbamates (subject to hydrolysis) is 2. The van der Waals surface area contributed by atoms with Crippen LogP contribution in [-0.2, 0) is 19.1 Å². The van der Waals surface area contributed by atoms with Gasteiger partial charge in [-0.25, -0.2) is 19.6 Å². The standard InChI is InChI=1S/C42H42F6N8O6/c1-61-39(59)53-29(19-41(43,44)45)37(57)55-15-3-5-33(55)35-49-21-31(51-35)24-9-7-23(8-10-24)25-11-12-27-18-28(14-13-26(27)17-25)32-22-50-36(52-32)34-6-4-16-56(34)38(58)30(20-42(46,47)48)54-40(60)62-2/h7-14,17-18,21-22,29-30,33-34H,3-6,15-16,19-20H2,1-2H3,(H,49,51)(H,50,52)(H,53,59)(H,54,60). The lowest BCUT2D eigenvalue weighted by molar-refractivity contribution is -0.154. The maximum absolute atomic E-state index is 13.3. The van der Waals surface area contributed by atoms with Crippen LogP contribution in [0, 0.1) is 0 Å². The Morgan fingerprint density at radius 3 is 1.50 bits per heavy atom. The number of nitrogens with zero attached hydrogens (tertiary/aromatic N) is 4. The third kappa shape index (κ3) is 9.95. The summed E-state index contributed by atoms with van der Waals surface area (Å²) >= 11 is 0. The second kappa shape index (κ2) is 17.8. The van der Waals surface area contributed by atoms with Gasteiger partial charge < -0.3 is 39.9 Å². The first kappa shape index (κ1) is 43.5. The first-order valence-electron chi connectivity index (χ1n) is 19.7. The molecule has 4 N–H and O–H groups in total. The number of rotatable bonds is 11. The van der Waals surface area contributed by atoms with Crippen molar-refractivity contribution in [1.82, 2.24) is 40.4 Å². The van der Waals surface area contributed by atoms with Crippen LogP contribution in [0.25, 0.3) is 44.4 Å². The molecule has 0 spiro atoms. The van der Waals surface area contributed by atoms with Gasteiger partial charge in [-0.3, -0.25) is 9.59 Å². The third-order valence-corrected chi connectivity index (χ3v) is 11.0. The average molecular weight is 869 g/mol. The summed E-state index contributed by atoms with van der Waals surface area (Å²) in [6.45, 7) is 0.398. The van der Waals surface area contributed by atoms with E-state index in [-0.39, 0.29) is 13.1 Å². The molecular formula is C42H42F6N8O6. The molecule has 328 valence electrons. The smallest absolute Gasteiger partial charge is 0.407 e. The molecule has 2 fully saturated rings. The van der Waals surface area contributed by atoms with Crippen molar-refractivity contribution < 1.29 is 55.0 Å². The molecule has 62 heavy (non-hydrogen) atoms. The van der Waals surface area contributed by atoms with Gasteiger partial charge in [0.2, 0.25) is 11.8 Å². The zero-order chi connectivity index (χ0) is 44.3. The Labute approximate surface area is 350 Å². The van der Waals surface area contributed by atoms with Crippen LogP contribution >= 0.6 is 0 Å². The Hall–Kier alpha value is -6.60. The number of ether oxygens (including phenoxy) is 2. The number of likely N-dealkylation sites (tertiary alicyclic amines) is 2. The number of alkyl halides is 6. The lowest BCUT2D eigenvalue weighted by Crippen LogP contribution is -2.50. The Kier molecular flexibility index (Phi) is 12.5. The maximum atomic E-state index is 13.3. The van der Waals surface area contributed by atoms with Gasteiger partial charge in [0.1, 0.15) is 23.7 Å². The Bertz CT molecular complexity index is 2430. The average Bonchev–Trinajstić information content (AvgIpc) is 4.08. The molecule has 4 atom stereocenters. The van der Waals surface area contributed by atoms with Gasteiger partial charge in [0, 0.05) is 18.7 Å². The summed E-state index contributed by atoms with van der Waals surface area (Å²) in [4.78, 5) is 68.2. The SMILES string of the molecule is COC(=O)NC(CC(F)(F)F)C(=O)N1CCCC1c1ncc(-c2ccc(-c3ccc4cc(-c5cnc(C6CCCN6C(=O)C(CC(F)(F)F)NC(=O)OC)[nH]5)ccc4c3)cc2)[nH]1. The van der Waals surface area contributed by atoms with Crippen molar-refractivity contribution in [2.24, 2.45) is 0 Å². The summed E-state index contributed by atoms with van der Waals surface area (Å²) in [6.07, 6.45) is -9.54. The van der Waals surface area contributed by atoms with Gasteiger partial charge in [0.05, 0.1) is 62.9 Å². The zero-order valence-electron chi connectivity index (χ0n) is 33.4. The molecule has 4 amide bonds. The molecule has 7 rings (SSSR count). The van der Waals surface area contributed by atoms with Gasteiger partial charge in [-0.1, -0.05) is 48.5 Å². The second-order valence-electron chi connectivity index (χ2n) is 15.1. The maximum Gasteiger partial charge on any atom is 0.407 e. The second-order valence-corrected chi connectivity index (χ2v) is 15.1. The van der Waals surface area contributed by atoms with E-state index in [2.05, 4.69) is 29.4 Å². The third-order valence-electron chi connectivity index (χ3n) is 11.0. The summed E-state index contributed by atoms with van der Waals surface area (Å²) < 4.78 is 88.8. The highest BCUT2D eigenvalue weighted by atomic mass is 19.4. The van der Waals surface area contributed by atoms with Gasteiger partial charge in [-0.15, -0.1) is 0 Å². The number of aromatic nitrogens is 4. The van der Waals surface area contributed by atoms with Crippen molar-refractivity contribution in [3.05, 3.63) is 84.7 Å². The van der Waals surface area contributed by atoms with E-state index in [1.165, 1.54) is 9.80 Å². The summed E-state index contributed by atoms with van der Waals surface area (Å²) in [6, 6.07) is 14.6. The minimum Gasteiger partial charge on any atom is -0.453 e. The molecule has 2 saturated heterocycles. The van der Waals surface area contributed by atoms with Crippen LogP contribution < -0.4 is 10.6 Å². The number of hydrogen-bond donors (Lipinski definition) is 4. The van der Waals surface area contributed by atoms with Gasteiger partial charge in [-0.2, -0.15) is 26.3 Å². The van der Waals surface area contributed by atoms with E-state index < -0.39 is 73.4 Å². The molecule has 2 aliphatic heterocycles. The molecule has 2 aliphatic rings. The van der Waals surface area contributed by atoms with E-state index in [0.717, 1.165) is 47.2 Å². The fraction of sp³-hybridized carbons (Fsp3) is 0.381. The minimum atomic E-state index is -4.70. The predicted molar refractivity (Wildman–Crippen MR) is 212 cm³/mol. The number of imidazole rings is 2. The van der Waals surface area contributed by atoms with Crippen LogP contribution in [0.1, 0.15) is 62.3 Å². The summed E-state index contributed by atoms with van der Waals surface area (Å²) in [7, 11) is 2.01. The predicted octanol–water partition coefficient (Wildman–Crippen LogP) is 7.97. The normalized spacial score (nSPS) is 17.8. The largest absolute Gasteiger partial charge is 0.453 e. The van der Waals surface area contributed by atoms with Crippen LogP contribution in [0.4, 0.5) is 35.9 Å². The highest BCUT2D eigenvalue weighted by molar-refractivity contribution is 5.91. The zero-order valence-corrected chi connectivity index (χ0v) is 33.4. The summed E-state index contributed by atoms with van der Waals surface area (Å²) in [5, 5.41) is 5.91. The number of fused-ring (bicyclic) bond motifs is 1. The molecule has 20 heteroatoms. The molecule has 4 heterocycles. The fourth-order valence-electron chi connectivity index (χ4n) is 8.04. The molecule has 0 saturated carbocycles. The molecule has 0 bridgehead atoms. The van der Waals surface area contributed by atoms with Gasteiger partial charge >= 0.3 is 24.5 Å². The fourth-order valence-corrected chi connectivity index (χ4v) is 8.04. The van der Waals surface area contributed by atoms with Crippen LogP contribution in [0.3, 0.4) is 0 Å². The lowest BCUT2D eigenvalue weighted by Gasteiger charge is -2.28. The number of benzene rings is 3. The Morgan fingerprint density at radius 1 is 0.645 bits per heavy atom. The van der Waals surface area contributed by atoms with Crippen molar-refractivity contribution in [2.75, 3.05) is 27.3 Å². The molecule has 4 unspecified atom stereocenters. The highest BCUT2D eigenvalue weighted by Gasteiger charge is 2.43. The van der Waals surface area contributed by atoms with Crippen molar-refractivity contribution >= 4 is 34.8 Å². The first-order chi connectivity index (χ1) is 29.5. The lowest BCUT2D eigenvalue weighted by atomic mass is 9.98. The number of carbonyl (C=O) groups excluding carboxylic acids is 4. The molecule has 2 aromatic heterocycles. The summed E-state index contributed by atoms with van der Waals surface area (Å²) in [5.41, 5.74) is 4.75. The van der Waals surface area contributed by atoms with Crippen LogP contribution in [0.15, 0.2) is 73.1 Å². The van der Waals surface area contributed by atoms with E-state index >= 15 is 0 Å². The topological polar surface area (TPSA) is 175 Å². The monoisotopic (exact) mass is 868 g/mol. The Balaban J connectivity index is 1.02. The number of carbonyl (C=O) groups is 4. The van der Waals surface area contributed by atoms with E-state index in [4.69, 9.17) is 0 Å². The first-order valence-corrected chi connectivity index (χ1v) is 19.7. The van der Waals surface area contributed by atoms with Crippen molar-refractivity contribution in [3.63, 3.8) is 0 Å². The Morgan fingerprint density at radius 2 is 1.05 bits per heavy atom. The minimum absolute atomic E-state index is 0.198. The van der Waals surface area contributed by atoms with Crippen molar-refractivity contribution in [1.29, 1.82) is 0 Å². The van der Waals surface area contributed by atoms with Gasteiger partial charge in [-0.05, 0) is 65.3 Å². The number of hydrogen-bond acceptors (Lipinski definition) is 8. The molecule has 0 radical (unpaired) electrons. The molecule has 3 aromatic carbocycles. The number of nitrogens with one attached hydrogen (secondary N) is 4. The van der Waals surface area contributed by atoms with Crippen LogP contribution in [0.5, 0.6) is 0 Å². The van der Waals surface area contributed by atoms with Crippen LogP contribution in [0.2, 0.25) is 0 Å². The van der Waals surface area contributed by atoms with E-state index in [0.29, 0.717) is 48.7 Å².